The predicted octanol–water partition coefficient (Wildman–Crippen LogP) is 2.59. The average molecular weight is 383 g/mol. The molecule has 0 spiro atoms. The van der Waals surface area contributed by atoms with Crippen LogP contribution in [0, 0.1) is 5.92 Å². The Labute approximate surface area is 166 Å². The maximum atomic E-state index is 5.92. The molecular formula is C21H30N6O. The number of aryl methyl sites for hydroxylation is 1. The van der Waals surface area contributed by atoms with Gasteiger partial charge in [-0.1, -0.05) is 6.92 Å². The van der Waals surface area contributed by atoms with Gasteiger partial charge in [0.15, 0.2) is 0 Å². The first-order chi connectivity index (χ1) is 13.8. The van der Waals surface area contributed by atoms with E-state index in [-0.39, 0.29) is 0 Å². The molecule has 2 aromatic heterocycles. The van der Waals surface area contributed by atoms with Gasteiger partial charge in [-0.3, -0.25) is 0 Å². The number of aromatic nitrogens is 4. The van der Waals surface area contributed by atoms with Crippen LogP contribution in [0.4, 0.5) is 5.95 Å². The molecule has 7 heteroatoms. The van der Waals surface area contributed by atoms with Crippen molar-refractivity contribution in [1.29, 1.82) is 0 Å². The predicted molar refractivity (Wildman–Crippen MR) is 109 cm³/mol. The molecule has 150 valence electrons. The van der Waals surface area contributed by atoms with Crippen LogP contribution >= 0.6 is 0 Å². The van der Waals surface area contributed by atoms with Crippen LogP contribution < -0.4 is 15.0 Å². The molecule has 2 aromatic rings. The van der Waals surface area contributed by atoms with Crippen LogP contribution in [0.3, 0.4) is 0 Å². The fourth-order valence-electron chi connectivity index (χ4n) is 3.94. The first-order valence-corrected chi connectivity index (χ1v) is 10.5. The van der Waals surface area contributed by atoms with Gasteiger partial charge in [0.2, 0.25) is 11.8 Å². The van der Waals surface area contributed by atoms with Crippen LogP contribution in [0.2, 0.25) is 0 Å². The summed E-state index contributed by atoms with van der Waals surface area (Å²) >= 11 is 0. The highest BCUT2D eigenvalue weighted by Crippen LogP contribution is 2.24. The van der Waals surface area contributed by atoms with E-state index in [1.165, 1.54) is 5.56 Å². The van der Waals surface area contributed by atoms with E-state index >= 15 is 0 Å². The lowest BCUT2D eigenvalue weighted by atomic mass is 9.94. The molecule has 28 heavy (non-hydrogen) atoms. The Morgan fingerprint density at radius 3 is 2.43 bits per heavy atom. The summed E-state index contributed by atoms with van der Waals surface area (Å²) in [4.78, 5) is 11.3. The second kappa shape index (κ2) is 9.28. The fourth-order valence-corrected chi connectivity index (χ4v) is 3.94. The summed E-state index contributed by atoms with van der Waals surface area (Å²) in [6.07, 6.45) is 9.28. The summed E-state index contributed by atoms with van der Waals surface area (Å²) in [5.74, 6) is 2.55. The molecule has 2 fully saturated rings. The van der Waals surface area contributed by atoms with Crippen molar-refractivity contribution in [3.05, 3.63) is 35.8 Å². The molecule has 4 rings (SSSR count). The number of rotatable bonds is 6. The number of ether oxygens (including phenoxy) is 1. The van der Waals surface area contributed by atoms with Gasteiger partial charge in [0.25, 0.3) is 0 Å². The number of nitrogens with zero attached hydrogens (tertiary/aromatic N) is 5. The maximum absolute atomic E-state index is 5.92. The van der Waals surface area contributed by atoms with E-state index in [0.717, 1.165) is 69.9 Å². The Kier molecular flexibility index (Phi) is 6.31. The van der Waals surface area contributed by atoms with Crippen LogP contribution in [0.1, 0.15) is 49.8 Å². The minimum Gasteiger partial charge on any atom is -0.476 e. The molecule has 2 aliphatic heterocycles. The van der Waals surface area contributed by atoms with Crippen LogP contribution in [-0.2, 0) is 6.42 Å². The Morgan fingerprint density at radius 1 is 1.04 bits per heavy atom. The third kappa shape index (κ3) is 4.76. The molecule has 4 heterocycles. The molecule has 2 saturated heterocycles. The average Bonchev–Trinajstić information content (AvgIpc) is 2.79. The lowest BCUT2D eigenvalue weighted by Gasteiger charge is -2.31. The van der Waals surface area contributed by atoms with E-state index in [9.17, 15) is 0 Å². The lowest BCUT2D eigenvalue weighted by molar-refractivity contribution is 0.213. The van der Waals surface area contributed by atoms with Crippen molar-refractivity contribution in [2.75, 3.05) is 37.7 Å². The summed E-state index contributed by atoms with van der Waals surface area (Å²) in [5.41, 5.74) is 2.27. The van der Waals surface area contributed by atoms with Gasteiger partial charge in [0.05, 0.1) is 12.3 Å². The Balaban J connectivity index is 1.22. The SMILES string of the molecule is CCc1cnc(N2CCC(COc3ccc(C4CCNCC4)nn3)CC2)nc1. The van der Waals surface area contributed by atoms with Crippen LogP contribution in [0.15, 0.2) is 24.5 Å². The second-order valence-corrected chi connectivity index (χ2v) is 7.81. The summed E-state index contributed by atoms with van der Waals surface area (Å²) in [7, 11) is 0. The van der Waals surface area contributed by atoms with E-state index in [1.807, 2.05) is 18.5 Å². The van der Waals surface area contributed by atoms with Crippen molar-refractivity contribution in [1.82, 2.24) is 25.5 Å². The second-order valence-electron chi connectivity index (χ2n) is 7.81. The molecule has 0 radical (unpaired) electrons. The molecule has 0 aliphatic carbocycles. The molecule has 1 N–H and O–H groups in total. The fraction of sp³-hybridized carbons (Fsp3) is 0.619. The minimum atomic E-state index is 0.528. The molecular weight excluding hydrogens is 352 g/mol. The quantitative estimate of drug-likeness (QED) is 0.823. The van der Waals surface area contributed by atoms with E-state index in [0.29, 0.717) is 24.3 Å². The number of hydrogen-bond acceptors (Lipinski definition) is 7. The highest BCUT2D eigenvalue weighted by Gasteiger charge is 2.22. The van der Waals surface area contributed by atoms with Crippen molar-refractivity contribution in [3.8, 4) is 5.88 Å². The van der Waals surface area contributed by atoms with Gasteiger partial charge >= 0.3 is 0 Å². The summed E-state index contributed by atoms with van der Waals surface area (Å²) in [6, 6.07) is 4.06. The van der Waals surface area contributed by atoms with E-state index in [4.69, 9.17) is 4.74 Å². The largest absolute Gasteiger partial charge is 0.476 e. The van der Waals surface area contributed by atoms with Gasteiger partial charge < -0.3 is 15.0 Å². The van der Waals surface area contributed by atoms with Crippen LogP contribution in [0.25, 0.3) is 0 Å². The van der Waals surface area contributed by atoms with E-state index in [1.54, 1.807) is 0 Å². The number of hydrogen-bond donors (Lipinski definition) is 1. The highest BCUT2D eigenvalue weighted by molar-refractivity contribution is 5.30. The van der Waals surface area contributed by atoms with E-state index in [2.05, 4.69) is 43.4 Å². The Hall–Kier alpha value is -2.28. The van der Waals surface area contributed by atoms with Crippen molar-refractivity contribution in [2.45, 2.75) is 44.9 Å². The molecule has 7 nitrogen and oxygen atoms in total. The normalized spacial score (nSPS) is 19.0. The monoisotopic (exact) mass is 382 g/mol. The molecule has 0 saturated carbocycles. The van der Waals surface area contributed by atoms with Crippen molar-refractivity contribution < 1.29 is 4.74 Å². The molecule has 2 aliphatic rings. The summed E-state index contributed by atoms with van der Waals surface area (Å²) in [5, 5.41) is 12.1. The van der Waals surface area contributed by atoms with Gasteiger partial charge in [-0.15, -0.1) is 5.10 Å². The standard InChI is InChI=1S/C21H30N6O/c1-2-16-13-23-21(24-14-16)27-11-7-17(8-12-27)15-28-20-4-3-19(25-26-20)18-5-9-22-10-6-18/h3-4,13-14,17-18,22H,2,5-12,15H2,1H3. The van der Waals surface area contributed by atoms with Gasteiger partial charge in [0.1, 0.15) is 0 Å². The third-order valence-electron chi connectivity index (χ3n) is 5.88. The Bertz CT molecular complexity index is 722. The smallest absolute Gasteiger partial charge is 0.233 e. The molecule has 0 unspecified atom stereocenters. The molecule has 0 bridgehead atoms. The van der Waals surface area contributed by atoms with Gasteiger partial charge in [-0.2, -0.15) is 5.10 Å². The van der Waals surface area contributed by atoms with Crippen LogP contribution in [0.5, 0.6) is 5.88 Å². The van der Waals surface area contributed by atoms with Crippen molar-refractivity contribution >= 4 is 5.95 Å². The topological polar surface area (TPSA) is 76.1 Å². The zero-order valence-corrected chi connectivity index (χ0v) is 16.7. The van der Waals surface area contributed by atoms with Crippen molar-refractivity contribution in [3.63, 3.8) is 0 Å². The lowest BCUT2D eigenvalue weighted by Crippen LogP contribution is -2.36. The van der Waals surface area contributed by atoms with Crippen LogP contribution in [-0.4, -0.2) is 53.0 Å². The number of nitrogens with one attached hydrogen (secondary N) is 1. The Morgan fingerprint density at radius 2 is 1.79 bits per heavy atom. The van der Waals surface area contributed by atoms with Gasteiger partial charge in [0, 0.05) is 37.5 Å². The summed E-state index contributed by atoms with van der Waals surface area (Å²) in [6.45, 7) is 6.90. The molecule has 0 aromatic carbocycles. The van der Waals surface area contributed by atoms with E-state index < -0.39 is 0 Å². The number of piperidine rings is 2. The van der Waals surface area contributed by atoms with Crippen molar-refractivity contribution in [2.24, 2.45) is 5.92 Å². The zero-order valence-electron chi connectivity index (χ0n) is 16.7. The molecule has 0 amide bonds. The zero-order chi connectivity index (χ0) is 19.2. The third-order valence-corrected chi connectivity index (χ3v) is 5.88. The number of anilines is 1. The highest BCUT2D eigenvalue weighted by atomic mass is 16.5. The first kappa shape index (κ1) is 19.1. The van der Waals surface area contributed by atoms with Gasteiger partial charge in [-0.05, 0) is 62.7 Å². The summed E-state index contributed by atoms with van der Waals surface area (Å²) < 4.78 is 5.92. The molecule has 0 atom stereocenters. The first-order valence-electron chi connectivity index (χ1n) is 10.5. The van der Waals surface area contributed by atoms with Gasteiger partial charge in [-0.25, -0.2) is 9.97 Å². The maximum Gasteiger partial charge on any atom is 0.233 e. The minimum absolute atomic E-state index is 0.528.